The summed E-state index contributed by atoms with van der Waals surface area (Å²) in [4.78, 5) is 10.9. The fourth-order valence-corrected chi connectivity index (χ4v) is 2.76. The van der Waals surface area contributed by atoms with Gasteiger partial charge >= 0.3 is 5.97 Å². The number of hydrogen-bond donors (Lipinski definition) is 1. The van der Waals surface area contributed by atoms with Gasteiger partial charge in [0.25, 0.3) is 0 Å². The van der Waals surface area contributed by atoms with Crippen molar-refractivity contribution >= 4 is 5.97 Å². The molecule has 14 heavy (non-hydrogen) atoms. The quantitative estimate of drug-likeness (QED) is 0.756. The number of hydrogen-bond acceptors (Lipinski definition) is 1. The van der Waals surface area contributed by atoms with Gasteiger partial charge in [0.05, 0.1) is 5.92 Å². The van der Waals surface area contributed by atoms with Gasteiger partial charge in [0.2, 0.25) is 0 Å². The van der Waals surface area contributed by atoms with Crippen LogP contribution < -0.4 is 0 Å². The van der Waals surface area contributed by atoms with Gasteiger partial charge in [-0.15, -0.1) is 0 Å². The molecule has 1 fully saturated rings. The normalized spacial score (nSPS) is 33.3. The lowest BCUT2D eigenvalue weighted by Crippen LogP contribution is -2.29. The Bertz CT molecular complexity index is 198. The standard InChI is InChI=1S/C12H22O2/c1-8(2)6-10-4-5-11(12(13)14)9(3)7-10/h8-11H,4-7H2,1-3H3,(H,13,14). The zero-order valence-electron chi connectivity index (χ0n) is 9.49. The maximum atomic E-state index is 10.9. The van der Waals surface area contributed by atoms with Gasteiger partial charge in [-0.1, -0.05) is 20.8 Å². The largest absolute Gasteiger partial charge is 0.481 e. The van der Waals surface area contributed by atoms with E-state index >= 15 is 0 Å². The molecule has 0 amide bonds. The maximum Gasteiger partial charge on any atom is 0.306 e. The van der Waals surface area contributed by atoms with Gasteiger partial charge in [-0.2, -0.15) is 0 Å². The van der Waals surface area contributed by atoms with Crippen molar-refractivity contribution in [3.63, 3.8) is 0 Å². The first-order chi connectivity index (χ1) is 6.50. The topological polar surface area (TPSA) is 37.3 Å². The highest BCUT2D eigenvalue weighted by molar-refractivity contribution is 5.70. The Balaban J connectivity index is 2.42. The van der Waals surface area contributed by atoms with Gasteiger partial charge in [-0.05, 0) is 43.4 Å². The van der Waals surface area contributed by atoms with E-state index in [0.29, 0.717) is 5.92 Å². The molecule has 0 bridgehead atoms. The summed E-state index contributed by atoms with van der Waals surface area (Å²) in [5.41, 5.74) is 0. The Morgan fingerprint density at radius 1 is 1.43 bits per heavy atom. The minimum atomic E-state index is -0.597. The molecule has 0 spiro atoms. The van der Waals surface area contributed by atoms with Crippen molar-refractivity contribution in [3.8, 4) is 0 Å². The van der Waals surface area contributed by atoms with Crippen LogP contribution in [-0.2, 0) is 4.79 Å². The summed E-state index contributed by atoms with van der Waals surface area (Å²) in [6, 6.07) is 0. The number of aliphatic carboxylic acids is 1. The van der Waals surface area contributed by atoms with E-state index in [1.54, 1.807) is 0 Å². The molecule has 2 heteroatoms. The number of carboxylic acids is 1. The summed E-state index contributed by atoms with van der Waals surface area (Å²) in [6.45, 7) is 6.58. The molecular formula is C12H22O2. The molecule has 1 aliphatic carbocycles. The molecule has 1 saturated carbocycles. The van der Waals surface area contributed by atoms with Crippen LogP contribution in [0.3, 0.4) is 0 Å². The second kappa shape index (κ2) is 4.81. The molecule has 0 heterocycles. The van der Waals surface area contributed by atoms with Crippen molar-refractivity contribution in [3.05, 3.63) is 0 Å². The molecule has 3 unspecified atom stereocenters. The van der Waals surface area contributed by atoms with Crippen molar-refractivity contribution in [1.29, 1.82) is 0 Å². The van der Waals surface area contributed by atoms with Crippen LogP contribution in [-0.4, -0.2) is 11.1 Å². The first kappa shape index (κ1) is 11.5. The molecule has 1 rings (SSSR count). The molecule has 2 nitrogen and oxygen atoms in total. The molecule has 3 atom stereocenters. The molecular weight excluding hydrogens is 176 g/mol. The Kier molecular flexibility index (Phi) is 3.97. The second-order valence-corrected chi connectivity index (χ2v) is 5.23. The third-order valence-electron chi connectivity index (χ3n) is 3.40. The van der Waals surface area contributed by atoms with Crippen molar-refractivity contribution in [2.24, 2.45) is 23.7 Å². The average Bonchev–Trinajstić information content (AvgIpc) is 2.01. The number of carbonyl (C=O) groups is 1. The van der Waals surface area contributed by atoms with Crippen molar-refractivity contribution < 1.29 is 9.90 Å². The third kappa shape index (κ3) is 3.00. The Hall–Kier alpha value is -0.530. The number of rotatable bonds is 3. The van der Waals surface area contributed by atoms with E-state index in [-0.39, 0.29) is 5.92 Å². The zero-order chi connectivity index (χ0) is 10.7. The van der Waals surface area contributed by atoms with E-state index < -0.39 is 5.97 Å². The van der Waals surface area contributed by atoms with Gasteiger partial charge in [0, 0.05) is 0 Å². The van der Waals surface area contributed by atoms with Gasteiger partial charge in [-0.25, -0.2) is 0 Å². The third-order valence-corrected chi connectivity index (χ3v) is 3.40. The molecule has 0 aliphatic heterocycles. The minimum Gasteiger partial charge on any atom is -0.481 e. The van der Waals surface area contributed by atoms with E-state index in [9.17, 15) is 4.79 Å². The second-order valence-electron chi connectivity index (χ2n) is 5.23. The molecule has 0 radical (unpaired) electrons. The molecule has 1 aliphatic rings. The molecule has 1 N–H and O–H groups in total. The zero-order valence-corrected chi connectivity index (χ0v) is 9.49. The van der Waals surface area contributed by atoms with Gasteiger partial charge in [-0.3, -0.25) is 4.79 Å². The Morgan fingerprint density at radius 2 is 2.07 bits per heavy atom. The lowest BCUT2D eigenvalue weighted by Gasteiger charge is -2.32. The van der Waals surface area contributed by atoms with Gasteiger partial charge in [0.15, 0.2) is 0 Å². The lowest BCUT2D eigenvalue weighted by atomic mass is 9.73. The van der Waals surface area contributed by atoms with Crippen LogP contribution in [0, 0.1) is 23.7 Å². The molecule has 0 aromatic rings. The summed E-state index contributed by atoms with van der Waals surface area (Å²) in [5, 5.41) is 8.98. The molecule has 82 valence electrons. The van der Waals surface area contributed by atoms with Crippen LogP contribution >= 0.6 is 0 Å². The molecule has 0 saturated heterocycles. The Labute approximate surface area is 86.7 Å². The van der Waals surface area contributed by atoms with Gasteiger partial charge in [0.1, 0.15) is 0 Å². The summed E-state index contributed by atoms with van der Waals surface area (Å²) >= 11 is 0. The first-order valence-corrected chi connectivity index (χ1v) is 5.73. The highest BCUT2D eigenvalue weighted by atomic mass is 16.4. The number of carboxylic acid groups (broad SMARTS) is 1. The maximum absolute atomic E-state index is 10.9. The van der Waals surface area contributed by atoms with E-state index in [0.717, 1.165) is 31.1 Å². The summed E-state index contributed by atoms with van der Waals surface area (Å²) < 4.78 is 0. The van der Waals surface area contributed by atoms with Crippen LogP contribution in [0.15, 0.2) is 0 Å². The predicted molar refractivity (Wildman–Crippen MR) is 57.1 cm³/mol. The molecule has 0 aromatic heterocycles. The van der Waals surface area contributed by atoms with E-state index in [4.69, 9.17) is 5.11 Å². The van der Waals surface area contributed by atoms with E-state index in [1.165, 1.54) is 6.42 Å². The first-order valence-electron chi connectivity index (χ1n) is 5.73. The monoisotopic (exact) mass is 198 g/mol. The smallest absolute Gasteiger partial charge is 0.306 e. The van der Waals surface area contributed by atoms with Crippen LogP contribution in [0.1, 0.15) is 46.5 Å². The highest BCUT2D eigenvalue weighted by Gasteiger charge is 2.32. The van der Waals surface area contributed by atoms with Crippen molar-refractivity contribution in [1.82, 2.24) is 0 Å². The fourth-order valence-electron chi connectivity index (χ4n) is 2.76. The van der Waals surface area contributed by atoms with Crippen molar-refractivity contribution in [2.45, 2.75) is 46.5 Å². The summed E-state index contributed by atoms with van der Waals surface area (Å²) in [5.74, 6) is 1.19. The fraction of sp³-hybridized carbons (Fsp3) is 0.917. The van der Waals surface area contributed by atoms with Crippen LogP contribution in [0.25, 0.3) is 0 Å². The highest BCUT2D eigenvalue weighted by Crippen LogP contribution is 2.36. The van der Waals surface area contributed by atoms with Gasteiger partial charge < -0.3 is 5.11 Å². The molecule has 0 aromatic carbocycles. The van der Waals surface area contributed by atoms with Crippen LogP contribution in [0.5, 0.6) is 0 Å². The predicted octanol–water partition coefficient (Wildman–Crippen LogP) is 3.17. The summed E-state index contributed by atoms with van der Waals surface area (Å²) in [7, 11) is 0. The van der Waals surface area contributed by atoms with Crippen LogP contribution in [0.2, 0.25) is 0 Å². The van der Waals surface area contributed by atoms with Crippen LogP contribution in [0.4, 0.5) is 0 Å². The van der Waals surface area contributed by atoms with E-state index in [2.05, 4.69) is 20.8 Å². The van der Waals surface area contributed by atoms with E-state index in [1.807, 2.05) is 0 Å². The lowest BCUT2D eigenvalue weighted by molar-refractivity contribution is -0.145. The Morgan fingerprint density at radius 3 is 2.50 bits per heavy atom. The average molecular weight is 198 g/mol. The minimum absolute atomic E-state index is 0.0848. The summed E-state index contributed by atoms with van der Waals surface area (Å²) in [6.07, 6.45) is 4.36. The van der Waals surface area contributed by atoms with Crippen molar-refractivity contribution in [2.75, 3.05) is 0 Å². The SMILES string of the molecule is CC(C)CC1CCC(C(=O)O)C(C)C1.